The lowest BCUT2D eigenvalue weighted by Gasteiger charge is -2.47. The largest absolute Gasteiger partial charge is 0.366 e. The smallest absolute Gasteiger partial charge is 0.269 e. The number of hydrogen-bond acceptors (Lipinski definition) is 6. The van der Waals surface area contributed by atoms with Gasteiger partial charge in [0.15, 0.2) is 0 Å². The number of non-ortho nitro benzene ring substituents is 1. The average molecular weight is 441 g/mol. The number of benzene rings is 2. The van der Waals surface area contributed by atoms with E-state index in [1.807, 2.05) is 6.07 Å². The zero-order valence-electron chi connectivity index (χ0n) is 18.3. The number of nitrogens with zero attached hydrogens (tertiary/aromatic N) is 3. The third-order valence-electron chi connectivity index (χ3n) is 5.55. The molecule has 0 bridgehead atoms. The van der Waals surface area contributed by atoms with E-state index in [0.717, 1.165) is 23.4 Å². The highest BCUT2D eigenvalue weighted by molar-refractivity contribution is 8.00. The summed E-state index contributed by atoms with van der Waals surface area (Å²) in [5, 5.41) is 14.8. The maximum Gasteiger partial charge on any atom is 0.269 e. The lowest BCUT2D eigenvalue weighted by atomic mass is 9.79. The van der Waals surface area contributed by atoms with E-state index >= 15 is 0 Å². The van der Waals surface area contributed by atoms with E-state index in [9.17, 15) is 14.9 Å². The maximum absolute atomic E-state index is 12.1. The summed E-state index contributed by atoms with van der Waals surface area (Å²) in [6, 6.07) is 12.4. The Morgan fingerprint density at radius 2 is 2.03 bits per heavy atom. The fraction of sp³-hybridized carbons (Fsp3) is 0.391. The van der Waals surface area contributed by atoms with E-state index in [4.69, 9.17) is 0 Å². The average Bonchev–Trinajstić information content (AvgIpc) is 2.72. The van der Waals surface area contributed by atoms with Gasteiger partial charge in [-0.05, 0) is 68.5 Å². The summed E-state index contributed by atoms with van der Waals surface area (Å²) in [7, 11) is 0. The highest BCUT2D eigenvalue weighted by Gasteiger charge is 2.35. The minimum atomic E-state index is -0.446. The van der Waals surface area contributed by atoms with Crippen LogP contribution < -0.4 is 10.3 Å². The van der Waals surface area contributed by atoms with Crippen LogP contribution in [0.15, 0.2) is 52.5 Å². The molecule has 0 fully saturated rings. The van der Waals surface area contributed by atoms with E-state index < -0.39 is 4.92 Å². The molecule has 3 rings (SSSR count). The van der Waals surface area contributed by atoms with Gasteiger partial charge in [0.25, 0.3) is 5.69 Å². The second kappa shape index (κ2) is 9.51. The van der Waals surface area contributed by atoms with Gasteiger partial charge in [-0.1, -0.05) is 13.0 Å². The summed E-state index contributed by atoms with van der Waals surface area (Å²) in [6.45, 7) is 9.97. The number of amides is 1. The molecule has 8 heteroatoms. The number of thioether (sulfide) groups is 1. The van der Waals surface area contributed by atoms with Crippen molar-refractivity contribution < 1.29 is 9.72 Å². The highest BCUT2D eigenvalue weighted by Crippen LogP contribution is 2.43. The lowest BCUT2D eigenvalue weighted by molar-refractivity contribution is -0.384. The van der Waals surface area contributed by atoms with Crippen LogP contribution in [-0.2, 0) is 4.79 Å². The van der Waals surface area contributed by atoms with Crippen LogP contribution in [0.5, 0.6) is 0 Å². The van der Waals surface area contributed by atoms with Crippen molar-refractivity contribution >= 4 is 35.3 Å². The quantitative estimate of drug-likeness (QED) is 0.285. The molecular weight excluding hydrogens is 412 g/mol. The number of carbonyl (C=O) groups is 1. The molecular formula is C23H28N4O3S. The summed E-state index contributed by atoms with van der Waals surface area (Å²) >= 11 is 1.30. The number of nitro benzene ring substituents is 1. The van der Waals surface area contributed by atoms with Gasteiger partial charge in [0, 0.05) is 34.8 Å². The molecule has 0 aliphatic carbocycles. The fourth-order valence-electron chi connectivity index (χ4n) is 4.21. The number of anilines is 1. The van der Waals surface area contributed by atoms with Crippen LogP contribution in [0.4, 0.5) is 11.4 Å². The van der Waals surface area contributed by atoms with Crippen LogP contribution in [0, 0.1) is 10.1 Å². The number of carbonyl (C=O) groups excluding carboxylic acids is 1. The van der Waals surface area contributed by atoms with E-state index in [2.05, 4.69) is 55.3 Å². The molecule has 164 valence electrons. The first-order valence-electron chi connectivity index (χ1n) is 10.3. The Morgan fingerprint density at radius 3 is 2.68 bits per heavy atom. The molecule has 0 radical (unpaired) electrons. The van der Waals surface area contributed by atoms with Gasteiger partial charge in [-0.2, -0.15) is 5.10 Å². The van der Waals surface area contributed by atoms with Gasteiger partial charge in [0.1, 0.15) is 0 Å². The maximum atomic E-state index is 12.1. The summed E-state index contributed by atoms with van der Waals surface area (Å²) in [5.74, 6) is 0.398. The number of hydrazone groups is 1. The number of nitro groups is 1. The van der Waals surface area contributed by atoms with Gasteiger partial charge in [-0.3, -0.25) is 14.9 Å². The first kappa shape index (κ1) is 22.8. The van der Waals surface area contributed by atoms with Crippen molar-refractivity contribution in [3.8, 4) is 0 Å². The molecule has 1 aliphatic rings. The number of rotatable bonds is 7. The molecule has 0 aromatic heterocycles. The second-order valence-corrected chi connectivity index (χ2v) is 9.36. The van der Waals surface area contributed by atoms with Crippen molar-refractivity contribution in [3.05, 3.63) is 63.7 Å². The Kier molecular flexibility index (Phi) is 7.00. The topological polar surface area (TPSA) is 87.8 Å². The molecule has 2 aromatic rings. The summed E-state index contributed by atoms with van der Waals surface area (Å²) in [5.41, 5.74) is 6.24. The predicted molar refractivity (Wildman–Crippen MR) is 126 cm³/mol. The van der Waals surface area contributed by atoms with Gasteiger partial charge in [-0.25, -0.2) is 5.43 Å². The molecule has 1 amide bonds. The molecule has 0 saturated carbocycles. The summed E-state index contributed by atoms with van der Waals surface area (Å²) in [4.78, 5) is 25.5. The van der Waals surface area contributed by atoms with Gasteiger partial charge in [-0.15, -0.1) is 11.8 Å². The molecule has 1 unspecified atom stereocenters. The molecule has 2 aromatic carbocycles. The van der Waals surface area contributed by atoms with Crippen LogP contribution in [0.25, 0.3) is 0 Å². The van der Waals surface area contributed by atoms with E-state index in [-0.39, 0.29) is 22.9 Å². The van der Waals surface area contributed by atoms with Crippen molar-refractivity contribution in [2.45, 2.75) is 50.5 Å². The molecule has 31 heavy (non-hydrogen) atoms. The summed E-state index contributed by atoms with van der Waals surface area (Å²) < 4.78 is 0. The third kappa shape index (κ3) is 5.44. The standard InChI is InChI=1S/C23H28N4O3S/c1-5-26-21-11-6-17(12-20(21)16(2)13-23(26,3)4)14-24-25-22(28)15-31-19-9-7-18(8-10-19)27(29)30/h6-12,14,16H,5,13,15H2,1-4H3,(H,25,28)/b24-14+. The van der Waals surface area contributed by atoms with Crippen molar-refractivity contribution in [1.82, 2.24) is 5.43 Å². The normalized spacial score (nSPS) is 17.4. The van der Waals surface area contributed by atoms with Crippen molar-refractivity contribution in [2.75, 3.05) is 17.2 Å². The molecule has 7 nitrogen and oxygen atoms in total. The van der Waals surface area contributed by atoms with Gasteiger partial charge in [0.2, 0.25) is 5.91 Å². The van der Waals surface area contributed by atoms with E-state index in [1.165, 1.54) is 35.1 Å². The Labute approximate surface area is 187 Å². The Bertz CT molecular complexity index is 989. The Balaban J connectivity index is 1.58. The van der Waals surface area contributed by atoms with Gasteiger partial charge >= 0.3 is 0 Å². The van der Waals surface area contributed by atoms with Gasteiger partial charge < -0.3 is 4.90 Å². The Morgan fingerprint density at radius 1 is 1.32 bits per heavy atom. The zero-order valence-corrected chi connectivity index (χ0v) is 19.1. The molecule has 1 atom stereocenters. The monoisotopic (exact) mass is 440 g/mol. The van der Waals surface area contributed by atoms with E-state index in [0.29, 0.717) is 5.92 Å². The highest BCUT2D eigenvalue weighted by atomic mass is 32.2. The van der Waals surface area contributed by atoms with Crippen molar-refractivity contribution in [3.63, 3.8) is 0 Å². The summed E-state index contributed by atoms with van der Waals surface area (Å²) in [6.07, 6.45) is 2.75. The van der Waals surface area contributed by atoms with Crippen LogP contribution in [-0.4, -0.2) is 34.9 Å². The number of fused-ring (bicyclic) bond motifs is 1. The SMILES string of the molecule is CCN1c2ccc(/C=N/NC(=O)CSc3ccc([N+](=O)[O-])cc3)cc2C(C)CC1(C)C. The second-order valence-electron chi connectivity index (χ2n) is 8.31. The third-order valence-corrected chi connectivity index (χ3v) is 6.56. The minimum absolute atomic E-state index is 0.0309. The van der Waals surface area contributed by atoms with Gasteiger partial charge in [0.05, 0.1) is 16.9 Å². The van der Waals surface area contributed by atoms with Crippen LogP contribution in [0.2, 0.25) is 0 Å². The van der Waals surface area contributed by atoms with Crippen LogP contribution >= 0.6 is 11.8 Å². The molecule has 0 saturated heterocycles. The lowest BCUT2D eigenvalue weighted by Crippen LogP contribution is -2.48. The number of nitrogens with one attached hydrogen (secondary N) is 1. The first-order chi connectivity index (χ1) is 14.7. The van der Waals surface area contributed by atoms with Crippen LogP contribution in [0.1, 0.15) is 51.2 Å². The molecule has 1 aliphatic heterocycles. The zero-order chi connectivity index (χ0) is 22.6. The first-order valence-corrected chi connectivity index (χ1v) is 11.3. The van der Waals surface area contributed by atoms with E-state index in [1.54, 1.807) is 18.3 Å². The molecule has 1 N–H and O–H groups in total. The predicted octanol–water partition coefficient (Wildman–Crippen LogP) is 4.95. The van der Waals surface area contributed by atoms with Crippen molar-refractivity contribution in [1.29, 1.82) is 0 Å². The number of hydrogen-bond donors (Lipinski definition) is 1. The van der Waals surface area contributed by atoms with Crippen LogP contribution in [0.3, 0.4) is 0 Å². The fourth-order valence-corrected chi connectivity index (χ4v) is 4.90. The Hall–Kier alpha value is -2.87. The molecule has 1 heterocycles. The molecule has 0 spiro atoms. The van der Waals surface area contributed by atoms with Crippen molar-refractivity contribution in [2.24, 2.45) is 5.10 Å². The minimum Gasteiger partial charge on any atom is -0.366 e.